The van der Waals surface area contributed by atoms with Gasteiger partial charge in [0, 0.05) is 22.1 Å². The number of pyridine rings is 2. The number of benzene rings is 1. The molecule has 0 bridgehead atoms. The first kappa shape index (κ1) is 19.6. The Bertz CT molecular complexity index is 1070. The lowest BCUT2D eigenvalue weighted by atomic mass is 10.1. The minimum absolute atomic E-state index is 0.0498. The van der Waals surface area contributed by atoms with Crippen LogP contribution in [0.3, 0.4) is 0 Å². The van der Waals surface area contributed by atoms with Crippen molar-refractivity contribution in [1.82, 2.24) is 14.9 Å². The quantitative estimate of drug-likeness (QED) is 0.407. The first-order valence-electron chi connectivity index (χ1n) is 8.60. The average Bonchev–Trinajstić information content (AvgIpc) is 2.67. The maximum absolute atomic E-state index is 12.6. The first-order chi connectivity index (χ1) is 13.4. The second kappa shape index (κ2) is 8.26. The van der Waals surface area contributed by atoms with Gasteiger partial charge >= 0.3 is 0 Å². The highest BCUT2D eigenvalue weighted by atomic mass is 79.9. The van der Waals surface area contributed by atoms with Crippen LogP contribution in [-0.2, 0) is 0 Å². The molecular weight excluding hydrogens is 420 g/mol. The van der Waals surface area contributed by atoms with Gasteiger partial charge in [-0.15, -0.1) is 0 Å². The molecule has 2 aromatic heterocycles. The Kier molecular flexibility index (Phi) is 5.79. The molecule has 1 amide bonds. The highest BCUT2D eigenvalue weighted by Gasteiger charge is 2.16. The average molecular weight is 439 g/mol. The summed E-state index contributed by atoms with van der Waals surface area (Å²) < 4.78 is 0.923. The van der Waals surface area contributed by atoms with E-state index in [0.717, 1.165) is 21.6 Å². The molecule has 0 aliphatic heterocycles. The number of carbonyl (C=O) groups excluding carboxylic acids is 1. The second-order valence-corrected chi connectivity index (χ2v) is 7.32. The monoisotopic (exact) mass is 438 g/mol. The van der Waals surface area contributed by atoms with Crippen molar-refractivity contribution < 1.29 is 4.79 Å². The molecule has 1 aromatic carbocycles. The highest BCUT2D eigenvalue weighted by molar-refractivity contribution is 9.10. The van der Waals surface area contributed by atoms with Gasteiger partial charge in [0.15, 0.2) is 5.84 Å². The Labute approximate surface area is 171 Å². The first-order valence-corrected chi connectivity index (χ1v) is 9.40. The van der Waals surface area contributed by atoms with Crippen molar-refractivity contribution in [3.05, 3.63) is 64.5 Å². The Morgan fingerprint density at radius 3 is 2.68 bits per heavy atom. The third-order valence-corrected chi connectivity index (χ3v) is 4.60. The predicted molar refractivity (Wildman–Crippen MR) is 114 cm³/mol. The summed E-state index contributed by atoms with van der Waals surface area (Å²) >= 11 is 3.43. The van der Waals surface area contributed by atoms with Crippen LogP contribution in [0.4, 0.5) is 5.82 Å². The topological polar surface area (TPSA) is 106 Å². The molecular formula is C20H19BrN6O. The number of amidine groups is 1. The van der Waals surface area contributed by atoms with Gasteiger partial charge < -0.3 is 10.2 Å². The van der Waals surface area contributed by atoms with Crippen LogP contribution in [0.1, 0.15) is 30.0 Å². The van der Waals surface area contributed by atoms with E-state index in [1.165, 1.54) is 4.90 Å². The summed E-state index contributed by atoms with van der Waals surface area (Å²) in [6, 6.07) is 12.5. The minimum Gasteiger partial charge on any atom is -0.314 e. The predicted octanol–water partition coefficient (Wildman–Crippen LogP) is 4.29. The van der Waals surface area contributed by atoms with E-state index in [1.54, 1.807) is 30.5 Å². The van der Waals surface area contributed by atoms with E-state index < -0.39 is 0 Å². The lowest BCUT2D eigenvalue weighted by Gasteiger charge is -2.23. The molecule has 0 aliphatic rings. The highest BCUT2D eigenvalue weighted by Crippen LogP contribution is 2.20. The van der Waals surface area contributed by atoms with Crippen LogP contribution >= 0.6 is 15.9 Å². The van der Waals surface area contributed by atoms with Crippen LogP contribution in [0.2, 0.25) is 0 Å². The molecule has 142 valence electrons. The summed E-state index contributed by atoms with van der Waals surface area (Å²) in [6.45, 7) is 3.77. The zero-order valence-corrected chi connectivity index (χ0v) is 17.0. The smallest absolute Gasteiger partial charge is 0.275 e. The van der Waals surface area contributed by atoms with Gasteiger partial charge in [0.2, 0.25) is 0 Å². The van der Waals surface area contributed by atoms with Crippen LogP contribution in [0, 0.1) is 10.8 Å². The van der Waals surface area contributed by atoms with Crippen LogP contribution in [0.15, 0.2) is 53.1 Å². The van der Waals surface area contributed by atoms with Gasteiger partial charge in [0.25, 0.3) is 5.91 Å². The largest absolute Gasteiger partial charge is 0.314 e. The number of carbonyl (C=O) groups is 1. The number of nitrogens with zero attached hydrogens (tertiary/aromatic N) is 3. The molecule has 0 fully saturated rings. The van der Waals surface area contributed by atoms with Crippen molar-refractivity contribution in [3.63, 3.8) is 0 Å². The Balaban J connectivity index is 1.83. The number of hydrogen-bond donors (Lipinski definition) is 3. The molecule has 8 heteroatoms. The number of amides is 1. The van der Waals surface area contributed by atoms with Gasteiger partial charge in [0.05, 0.1) is 6.34 Å². The fourth-order valence-corrected chi connectivity index (χ4v) is 3.04. The zero-order chi connectivity index (χ0) is 20.3. The maximum Gasteiger partial charge on any atom is 0.275 e. The lowest BCUT2D eigenvalue weighted by Crippen LogP contribution is -2.36. The fourth-order valence-electron chi connectivity index (χ4n) is 2.66. The van der Waals surface area contributed by atoms with Crippen molar-refractivity contribution in [2.45, 2.75) is 19.9 Å². The molecule has 0 spiro atoms. The van der Waals surface area contributed by atoms with Gasteiger partial charge in [-0.05, 0) is 49.6 Å². The molecule has 0 saturated carbocycles. The van der Waals surface area contributed by atoms with Crippen molar-refractivity contribution >= 4 is 50.6 Å². The number of halogens is 1. The van der Waals surface area contributed by atoms with E-state index >= 15 is 0 Å². The summed E-state index contributed by atoms with van der Waals surface area (Å²) in [7, 11) is 0. The Morgan fingerprint density at radius 1 is 1.18 bits per heavy atom. The van der Waals surface area contributed by atoms with Gasteiger partial charge in [-0.25, -0.2) is 4.98 Å². The number of rotatable bonds is 5. The molecule has 7 nitrogen and oxygen atoms in total. The van der Waals surface area contributed by atoms with E-state index in [0.29, 0.717) is 11.5 Å². The Hall–Kier alpha value is -3.13. The number of anilines is 1. The standard InChI is InChI=1S/C20H19BrN6O/c1-12(2)27(11-22)19(23)16-4-3-5-18(25-16)26-20(28)17-9-14-8-15(21)7-6-13(14)10-24-17/h3-12,22-23H,1-2H3,(H,25,26,28). The van der Waals surface area contributed by atoms with E-state index in [9.17, 15) is 4.79 Å². The number of aromatic nitrogens is 2. The van der Waals surface area contributed by atoms with E-state index in [4.69, 9.17) is 10.8 Å². The van der Waals surface area contributed by atoms with E-state index in [-0.39, 0.29) is 23.5 Å². The van der Waals surface area contributed by atoms with Crippen molar-refractivity contribution in [1.29, 1.82) is 10.8 Å². The molecule has 3 aromatic rings. The number of nitrogens with one attached hydrogen (secondary N) is 3. The van der Waals surface area contributed by atoms with Crippen molar-refractivity contribution in [2.75, 3.05) is 5.32 Å². The van der Waals surface area contributed by atoms with E-state index in [1.807, 2.05) is 32.0 Å². The molecule has 0 atom stereocenters. The summed E-state index contributed by atoms with van der Waals surface area (Å²) in [6.07, 6.45) is 2.75. The van der Waals surface area contributed by atoms with Gasteiger partial charge in [0.1, 0.15) is 17.2 Å². The third kappa shape index (κ3) is 4.23. The molecule has 0 radical (unpaired) electrons. The molecule has 3 N–H and O–H groups in total. The van der Waals surface area contributed by atoms with Gasteiger partial charge in [-0.3, -0.25) is 20.6 Å². The van der Waals surface area contributed by atoms with Gasteiger partial charge in [-0.2, -0.15) is 0 Å². The van der Waals surface area contributed by atoms with Crippen LogP contribution < -0.4 is 5.32 Å². The molecule has 0 unspecified atom stereocenters. The summed E-state index contributed by atoms with van der Waals surface area (Å²) in [5.74, 6) is 0.0256. The van der Waals surface area contributed by atoms with Crippen LogP contribution in [0.25, 0.3) is 10.8 Å². The van der Waals surface area contributed by atoms with Crippen molar-refractivity contribution in [2.24, 2.45) is 0 Å². The molecule has 0 saturated heterocycles. The Morgan fingerprint density at radius 2 is 1.96 bits per heavy atom. The SMILES string of the molecule is CC(C)N(C=N)C(=N)c1cccc(NC(=O)c2cc3cc(Br)ccc3cn2)n1. The summed E-state index contributed by atoms with van der Waals surface area (Å²) in [4.78, 5) is 22.6. The summed E-state index contributed by atoms with van der Waals surface area (Å²) in [5.41, 5.74) is 0.640. The van der Waals surface area contributed by atoms with Crippen LogP contribution in [-0.4, -0.2) is 39.0 Å². The minimum atomic E-state index is -0.383. The molecule has 3 rings (SSSR count). The maximum atomic E-state index is 12.6. The summed E-state index contributed by atoms with van der Waals surface area (Å²) in [5, 5.41) is 20.3. The molecule has 28 heavy (non-hydrogen) atoms. The van der Waals surface area contributed by atoms with Gasteiger partial charge in [-0.1, -0.05) is 28.1 Å². The molecule has 0 aliphatic carbocycles. The van der Waals surface area contributed by atoms with Crippen molar-refractivity contribution in [3.8, 4) is 0 Å². The molecule has 2 heterocycles. The van der Waals surface area contributed by atoms with E-state index in [2.05, 4.69) is 31.2 Å². The normalized spacial score (nSPS) is 10.7. The zero-order valence-electron chi connectivity index (χ0n) is 15.4. The lowest BCUT2D eigenvalue weighted by molar-refractivity contribution is 0.102. The fraction of sp³-hybridized carbons (Fsp3) is 0.150. The van der Waals surface area contributed by atoms with Crippen LogP contribution in [0.5, 0.6) is 0 Å². The number of fused-ring (bicyclic) bond motifs is 1. The number of hydrogen-bond acceptors (Lipinski definition) is 5. The third-order valence-electron chi connectivity index (χ3n) is 4.10. The second-order valence-electron chi connectivity index (χ2n) is 6.40.